The third-order valence-corrected chi connectivity index (χ3v) is 2.12. The van der Waals surface area contributed by atoms with Crippen molar-refractivity contribution in [1.82, 2.24) is 4.98 Å². The van der Waals surface area contributed by atoms with E-state index in [1.54, 1.807) is 19.5 Å². The van der Waals surface area contributed by atoms with Crippen LogP contribution in [-0.2, 0) is 6.42 Å². The average molecular weight is 227 g/mol. The van der Waals surface area contributed by atoms with Gasteiger partial charge in [-0.05, 0) is 15.9 Å². The monoisotopic (exact) mass is 226 g/mol. The van der Waals surface area contributed by atoms with Gasteiger partial charge in [-0.15, -0.1) is 0 Å². The highest BCUT2D eigenvalue weighted by molar-refractivity contribution is 9.10. The van der Waals surface area contributed by atoms with Crippen LogP contribution in [0.3, 0.4) is 0 Å². The zero-order valence-electron chi connectivity index (χ0n) is 6.54. The highest BCUT2D eigenvalue weighted by atomic mass is 79.9. The summed E-state index contributed by atoms with van der Waals surface area (Å²) in [6.45, 7) is 0. The van der Waals surface area contributed by atoms with Crippen LogP contribution in [0.4, 0.5) is 0 Å². The van der Waals surface area contributed by atoms with Gasteiger partial charge in [0.15, 0.2) is 0 Å². The summed E-state index contributed by atoms with van der Waals surface area (Å²) in [5, 5.41) is 8.52. The maximum absolute atomic E-state index is 8.52. The van der Waals surface area contributed by atoms with Gasteiger partial charge in [0, 0.05) is 16.2 Å². The summed E-state index contributed by atoms with van der Waals surface area (Å²) < 4.78 is 5.84. The van der Waals surface area contributed by atoms with E-state index in [0.29, 0.717) is 12.2 Å². The Labute approximate surface area is 79.1 Å². The lowest BCUT2D eigenvalue weighted by Gasteiger charge is -2.05. The Balaban J connectivity index is 3.12. The Morgan fingerprint density at radius 1 is 1.67 bits per heavy atom. The number of ether oxygens (including phenoxy) is 1. The lowest BCUT2D eigenvalue weighted by atomic mass is 10.2. The summed E-state index contributed by atoms with van der Waals surface area (Å²) in [6.07, 6.45) is 3.57. The van der Waals surface area contributed by atoms with Crippen molar-refractivity contribution in [3.63, 3.8) is 0 Å². The fraction of sp³-hybridized carbons (Fsp3) is 0.250. The number of halogens is 1. The summed E-state index contributed by atoms with van der Waals surface area (Å²) in [6, 6.07) is 2.06. The Morgan fingerprint density at radius 3 is 3.00 bits per heavy atom. The van der Waals surface area contributed by atoms with Crippen LogP contribution in [0.2, 0.25) is 0 Å². The van der Waals surface area contributed by atoms with Crippen molar-refractivity contribution in [2.45, 2.75) is 6.42 Å². The molecule has 0 unspecified atom stereocenters. The molecule has 0 bridgehead atoms. The molecule has 0 fully saturated rings. The van der Waals surface area contributed by atoms with Crippen LogP contribution >= 0.6 is 15.9 Å². The third kappa shape index (κ3) is 1.74. The van der Waals surface area contributed by atoms with Crippen molar-refractivity contribution >= 4 is 15.9 Å². The SMILES string of the molecule is COc1cncc(Br)c1CC#N. The Kier molecular flexibility index (Phi) is 3.06. The van der Waals surface area contributed by atoms with Gasteiger partial charge in [0.25, 0.3) is 0 Å². The summed E-state index contributed by atoms with van der Waals surface area (Å²) in [5.74, 6) is 0.644. The molecule has 1 heterocycles. The molecule has 12 heavy (non-hydrogen) atoms. The van der Waals surface area contributed by atoms with Crippen LogP contribution < -0.4 is 4.74 Å². The molecule has 4 heteroatoms. The first kappa shape index (κ1) is 9.01. The molecule has 1 rings (SSSR count). The Bertz CT molecular complexity index is 319. The van der Waals surface area contributed by atoms with Gasteiger partial charge in [-0.1, -0.05) is 0 Å². The molecule has 3 nitrogen and oxygen atoms in total. The third-order valence-electron chi connectivity index (χ3n) is 1.44. The van der Waals surface area contributed by atoms with Gasteiger partial charge in [0.2, 0.25) is 0 Å². The largest absolute Gasteiger partial charge is 0.495 e. The highest BCUT2D eigenvalue weighted by Crippen LogP contribution is 2.25. The zero-order valence-corrected chi connectivity index (χ0v) is 8.13. The molecule has 1 aromatic heterocycles. The first-order valence-corrected chi connectivity index (χ1v) is 4.12. The van der Waals surface area contributed by atoms with Crippen LogP contribution in [0, 0.1) is 11.3 Å². The number of pyridine rings is 1. The maximum Gasteiger partial charge on any atom is 0.142 e. The second kappa shape index (κ2) is 4.07. The van der Waals surface area contributed by atoms with Gasteiger partial charge in [-0.25, -0.2) is 0 Å². The highest BCUT2D eigenvalue weighted by Gasteiger charge is 2.06. The summed E-state index contributed by atoms with van der Waals surface area (Å²) >= 11 is 3.30. The predicted molar refractivity (Wildman–Crippen MR) is 47.8 cm³/mol. The molecule has 0 radical (unpaired) electrons. The molecule has 0 aliphatic carbocycles. The van der Waals surface area contributed by atoms with Crippen molar-refractivity contribution in [2.24, 2.45) is 0 Å². The fourth-order valence-corrected chi connectivity index (χ4v) is 1.32. The van der Waals surface area contributed by atoms with Crippen LogP contribution in [0.1, 0.15) is 5.56 Å². The number of hydrogen-bond donors (Lipinski definition) is 0. The smallest absolute Gasteiger partial charge is 0.142 e. The molecule has 0 aliphatic rings. The second-order valence-corrected chi connectivity index (χ2v) is 2.99. The molecule has 62 valence electrons. The van der Waals surface area contributed by atoms with Gasteiger partial charge in [0.05, 0.1) is 25.8 Å². The van der Waals surface area contributed by atoms with Crippen LogP contribution in [0.25, 0.3) is 0 Å². The van der Waals surface area contributed by atoms with E-state index in [0.717, 1.165) is 10.0 Å². The predicted octanol–water partition coefficient (Wildman–Crippen LogP) is 1.92. The number of hydrogen-bond acceptors (Lipinski definition) is 3. The molecule has 0 saturated carbocycles. The van der Waals surface area contributed by atoms with Crippen molar-refractivity contribution in [3.8, 4) is 11.8 Å². The first-order chi connectivity index (χ1) is 5.79. The van der Waals surface area contributed by atoms with E-state index in [1.807, 2.05) is 0 Å². The van der Waals surface area contributed by atoms with E-state index >= 15 is 0 Å². The average Bonchev–Trinajstić information content (AvgIpc) is 2.09. The molecule has 0 atom stereocenters. The fourth-order valence-electron chi connectivity index (χ4n) is 0.870. The second-order valence-electron chi connectivity index (χ2n) is 2.14. The van der Waals surface area contributed by atoms with Crippen LogP contribution in [-0.4, -0.2) is 12.1 Å². The molecule has 0 spiro atoms. The van der Waals surface area contributed by atoms with Crippen molar-refractivity contribution < 1.29 is 4.74 Å². The Morgan fingerprint density at radius 2 is 2.42 bits per heavy atom. The van der Waals surface area contributed by atoms with Crippen molar-refractivity contribution in [2.75, 3.05) is 7.11 Å². The van der Waals surface area contributed by atoms with E-state index in [9.17, 15) is 0 Å². The van der Waals surface area contributed by atoms with Crippen molar-refractivity contribution in [3.05, 3.63) is 22.4 Å². The summed E-state index contributed by atoms with van der Waals surface area (Å²) in [5.41, 5.74) is 0.843. The van der Waals surface area contributed by atoms with E-state index in [2.05, 4.69) is 27.0 Å². The summed E-state index contributed by atoms with van der Waals surface area (Å²) in [4.78, 5) is 3.92. The number of methoxy groups -OCH3 is 1. The number of nitrogens with zero attached hydrogens (tertiary/aromatic N) is 2. The van der Waals surface area contributed by atoms with Gasteiger partial charge in [0.1, 0.15) is 5.75 Å². The number of nitriles is 1. The quantitative estimate of drug-likeness (QED) is 0.775. The van der Waals surface area contributed by atoms with E-state index in [1.165, 1.54) is 0 Å². The number of aromatic nitrogens is 1. The molecule has 0 amide bonds. The molecule has 0 aromatic carbocycles. The minimum atomic E-state index is 0.326. The molecule has 0 N–H and O–H groups in total. The standard InChI is InChI=1S/C8H7BrN2O/c1-12-8-5-11-4-7(9)6(8)2-3-10/h4-5H,2H2,1H3. The van der Waals surface area contributed by atoms with Crippen LogP contribution in [0.5, 0.6) is 5.75 Å². The summed E-state index contributed by atoms with van der Waals surface area (Å²) in [7, 11) is 1.56. The minimum Gasteiger partial charge on any atom is -0.495 e. The molecule has 1 aromatic rings. The van der Waals surface area contributed by atoms with E-state index < -0.39 is 0 Å². The number of rotatable bonds is 2. The van der Waals surface area contributed by atoms with Crippen molar-refractivity contribution in [1.29, 1.82) is 5.26 Å². The molecule has 0 saturated heterocycles. The van der Waals surface area contributed by atoms with E-state index in [-0.39, 0.29) is 0 Å². The Hall–Kier alpha value is -1.08. The maximum atomic E-state index is 8.52. The minimum absolute atomic E-state index is 0.326. The molecular formula is C8H7BrN2O. The lowest BCUT2D eigenvalue weighted by molar-refractivity contribution is 0.408. The molecular weight excluding hydrogens is 220 g/mol. The molecule has 0 aliphatic heterocycles. The normalized spacial score (nSPS) is 9.08. The topological polar surface area (TPSA) is 45.9 Å². The van der Waals surface area contributed by atoms with Gasteiger partial charge < -0.3 is 4.74 Å². The van der Waals surface area contributed by atoms with Gasteiger partial charge in [-0.2, -0.15) is 5.26 Å². The van der Waals surface area contributed by atoms with Gasteiger partial charge >= 0.3 is 0 Å². The van der Waals surface area contributed by atoms with Crippen LogP contribution in [0.15, 0.2) is 16.9 Å². The van der Waals surface area contributed by atoms with E-state index in [4.69, 9.17) is 10.00 Å². The van der Waals surface area contributed by atoms with Gasteiger partial charge in [-0.3, -0.25) is 4.98 Å². The lowest BCUT2D eigenvalue weighted by Crippen LogP contribution is -1.93. The first-order valence-electron chi connectivity index (χ1n) is 3.33. The zero-order chi connectivity index (χ0) is 8.97.